The van der Waals surface area contributed by atoms with Gasteiger partial charge in [0.2, 0.25) is 0 Å². The van der Waals surface area contributed by atoms with E-state index in [0.717, 1.165) is 0 Å². The smallest absolute Gasteiger partial charge is 0.331 e. The zero-order valence-electron chi connectivity index (χ0n) is 16.6. The number of rotatable bonds is 9. The van der Waals surface area contributed by atoms with Crippen molar-refractivity contribution in [3.05, 3.63) is 59.1 Å². The standard InChI is InChI=1S/C22H21ClN2O5/c1-3-29-19-14-16(13-18(23)22(19)28-2)9-10-21(27)30-15-20(26)25(12-11-24)17-7-5-4-6-8-17/h4-10,13-14H,3,12,15H2,1-2H3/b10-9+. The van der Waals surface area contributed by atoms with E-state index in [9.17, 15) is 9.59 Å². The number of anilines is 1. The van der Waals surface area contributed by atoms with Gasteiger partial charge < -0.3 is 14.2 Å². The number of carbonyl (C=O) groups excluding carboxylic acids is 2. The van der Waals surface area contributed by atoms with E-state index in [4.69, 9.17) is 31.1 Å². The number of nitriles is 1. The van der Waals surface area contributed by atoms with Crippen LogP contribution in [0, 0.1) is 11.3 Å². The van der Waals surface area contributed by atoms with Crippen LogP contribution < -0.4 is 14.4 Å². The van der Waals surface area contributed by atoms with Crippen molar-refractivity contribution >= 4 is 35.2 Å². The van der Waals surface area contributed by atoms with Gasteiger partial charge in [0.05, 0.1) is 24.8 Å². The maximum absolute atomic E-state index is 12.4. The lowest BCUT2D eigenvalue weighted by molar-refractivity contribution is -0.142. The zero-order chi connectivity index (χ0) is 21.9. The van der Waals surface area contributed by atoms with Crippen LogP contribution in [0.2, 0.25) is 5.02 Å². The summed E-state index contributed by atoms with van der Waals surface area (Å²) in [5.74, 6) is -0.359. The van der Waals surface area contributed by atoms with Gasteiger partial charge in [0.15, 0.2) is 18.1 Å². The van der Waals surface area contributed by atoms with Crippen molar-refractivity contribution in [2.75, 3.05) is 31.8 Å². The highest BCUT2D eigenvalue weighted by atomic mass is 35.5. The first-order valence-electron chi connectivity index (χ1n) is 9.07. The molecule has 2 rings (SSSR count). The van der Waals surface area contributed by atoms with E-state index in [1.807, 2.05) is 13.0 Å². The Morgan fingerprint density at radius 2 is 1.97 bits per heavy atom. The average molecular weight is 429 g/mol. The molecule has 0 aromatic heterocycles. The van der Waals surface area contributed by atoms with Gasteiger partial charge in [-0.2, -0.15) is 5.26 Å². The number of nitrogens with zero attached hydrogens (tertiary/aromatic N) is 2. The number of benzene rings is 2. The van der Waals surface area contributed by atoms with Gasteiger partial charge in [-0.1, -0.05) is 29.8 Å². The average Bonchev–Trinajstić information content (AvgIpc) is 2.75. The second-order valence-electron chi connectivity index (χ2n) is 5.88. The number of halogens is 1. The van der Waals surface area contributed by atoms with Gasteiger partial charge in [-0.05, 0) is 42.8 Å². The molecule has 0 fully saturated rings. The Morgan fingerprint density at radius 1 is 1.23 bits per heavy atom. The first-order chi connectivity index (χ1) is 14.5. The monoisotopic (exact) mass is 428 g/mol. The van der Waals surface area contributed by atoms with E-state index in [1.165, 1.54) is 24.2 Å². The molecule has 0 atom stereocenters. The fourth-order valence-corrected chi connectivity index (χ4v) is 2.87. The van der Waals surface area contributed by atoms with Crippen molar-refractivity contribution in [3.8, 4) is 17.6 Å². The van der Waals surface area contributed by atoms with Crippen molar-refractivity contribution in [1.82, 2.24) is 0 Å². The summed E-state index contributed by atoms with van der Waals surface area (Å²) in [5, 5.41) is 9.30. The first-order valence-corrected chi connectivity index (χ1v) is 9.45. The largest absolute Gasteiger partial charge is 0.491 e. The van der Waals surface area contributed by atoms with Crippen molar-refractivity contribution in [2.45, 2.75) is 6.92 Å². The lowest BCUT2D eigenvalue weighted by atomic mass is 10.2. The van der Waals surface area contributed by atoms with Gasteiger partial charge in [0.25, 0.3) is 5.91 Å². The SMILES string of the molecule is CCOc1cc(/C=C/C(=O)OCC(=O)N(CC#N)c2ccccc2)cc(Cl)c1OC. The Kier molecular flexibility index (Phi) is 8.73. The normalized spacial score (nSPS) is 10.3. The highest BCUT2D eigenvalue weighted by Gasteiger charge is 2.17. The molecule has 2 aromatic rings. The van der Waals surface area contributed by atoms with Crippen molar-refractivity contribution in [2.24, 2.45) is 0 Å². The molecular weight excluding hydrogens is 408 g/mol. The van der Waals surface area contributed by atoms with Crippen LogP contribution in [0.25, 0.3) is 6.08 Å². The van der Waals surface area contributed by atoms with Gasteiger partial charge >= 0.3 is 5.97 Å². The summed E-state index contributed by atoms with van der Waals surface area (Å²) >= 11 is 6.18. The fraction of sp³-hybridized carbons (Fsp3) is 0.227. The number of para-hydroxylation sites is 1. The van der Waals surface area contributed by atoms with Crippen LogP contribution in [0.5, 0.6) is 11.5 Å². The quantitative estimate of drug-likeness (QED) is 0.342. The summed E-state index contributed by atoms with van der Waals surface area (Å²) in [6, 6.07) is 13.9. The predicted molar refractivity (Wildman–Crippen MR) is 114 cm³/mol. The molecule has 0 radical (unpaired) electrons. The van der Waals surface area contributed by atoms with Crippen LogP contribution in [-0.2, 0) is 14.3 Å². The lowest BCUT2D eigenvalue weighted by Gasteiger charge is -2.19. The molecule has 0 saturated carbocycles. The van der Waals surface area contributed by atoms with Crippen LogP contribution in [0.1, 0.15) is 12.5 Å². The molecule has 0 N–H and O–H groups in total. The number of carbonyl (C=O) groups is 2. The molecule has 1 amide bonds. The van der Waals surface area contributed by atoms with Crippen LogP contribution in [-0.4, -0.2) is 38.7 Å². The Hall–Kier alpha value is -3.50. The minimum atomic E-state index is -0.710. The third-order valence-electron chi connectivity index (χ3n) is 3.88. The molecule has 0 aliphatic rings. The fourth-order valence-electron chi connectivity index (χ4n) is 2.57. The molecule has 8 heteroatoms. The Labute approximate surface area is 180 Å². The lowest BCUT2D eigenvalue weighted by Crippen LogP contribution is -2.34. The molecule has 2 aromatic carbocycles. The maximum Gasteiger partial charge on any atom is 0.331 e. The Morgan fingerprint density at radius 3 is 2.60 bits per heavy atom. The third kappa shape index (κ3) is 6.26. The highest BCUT2D eigenvalue weighted by molar-refractivity contribution is 6.32. The van der Waals surface area contributed by atoms with Gasteiger partial charge in [-0.25, -0.2) is 4.79 Å². The van der Waals surface area contributed by atoms with Crippen LogP contribution in [0.4, 0.5) is 5.69 Å². The number of esters is 1. The maximum atomic E-state index is 12.4. The van der Waals surface area contributed by atoms with Gasteiger partial charge in [-0.15, -0.1) is 0 Å². The van der Waals surface area contributed by atoms with E-state index in [1.54, 1.807) is 42.5 Å². The number of hydrogen-bond acceptors (Lipinski definition) is 6. The molecule has 156 valence electrons. The summed E-state index contributed by atoms with van der Waals surface area (Å²) in [6.07, 6.45) is 2.67. The van der Waals surface area contributed by atoms with Gasteiger partial charge in [0.1, 0.15) is 6.54 Å². The van der Waals surface area contributed by atoms with Crippen molar-refractivity contribution in [1.29, 1.82) is 5.26 Å². The molecule has 0 unspecified atom stereocenters. The molecule has 0 heterocycles. The van der Waals surface area contributed by atoms with Gasteiger partial charge in [0, 0.05) is 11.8 Å². The second kappa shape index (κ2) is 11.5. The summed E-state index contributed by atoms with van der Waals surface area (Å²) in [7, 11) is 1.48. The van der Waals surface area contributed by atoms with E-state index in [2.05, 4.69) is 0 Å². The summed E-state index contributed by atoms with van der Waals surface area (Å²) < 4.78 is 15.7. The summed E-state index contributed by atoms with van der Waals surface area (Å²) in [6.45, 7) is 1.61. The number of ether oxygens (including phenoxy) is 3. The molecule has 0 aliphatic carbocycles. The molecule has 0 spiro atoms. The first kappa shape index (κ1) is 22.8. The predicted octanol–water partition coefficient (Wildman–Crippen LogP) is 3.86. The van der Waals surface area contributed by atoms with Crippen molar-refractivity contribution < 1.29 is 23.8 Å². The van der Waals surface area contributed by atoms with Crippen LogP contribution in [0.15, 0.2) is 48.5 Å². The molecule has 0 aliphatic heterocycles. The minimum absolute atomic E-state index is 0.152. The van der Waals surface area contributed by atoms with E-state index < -0.39 is 18.5 Å². The topological polar surface area (TPSA) is 88.9 Å². The number of methoxy groups -OCH3 is 1. The van der Waals surface area contributed by atoms with E-state index in [0.29, 0.717) is 34.4 Å². The number of hydrogen-bond donors (Lipinski definition) is 0. The van der Waals surface area contributed by atoms with Crippen LogP contribution >= 0.6 is 11.6 Å². The molecule has 0 saturated heterocycles. The Balaban J connectivity index is 2.02. The second-order valence-corrected chi connectivity index (χ2v) is 6.29. The van der Waals surface area contributed by atoms with E-state index in [-0.39, 0.29) is 6.54 Å². The molecule has 30 heavy (non-hydrogen) atoms. The number of amides is 1. The van der Waals surface area contributed by atoms with E-state index >= 15 is 0 Å². The molecule has 7 nitrogen and oxygen atoms in total. The summed E-state index contributed by atoms with van der Waals surface area (Å²) in [4.78, 5) is 25.6. The minimum Gasteiger partial charge on any atom is -0.491 e. The highest BCUT2D eigenvalue weighted by Crippen LogP contribution is 2.36. The molecular formula is C22H21ClN2O5. The van der Waals surface area contributed by atoms with Crippen molar-refractivity contribution in [3.63, 3.8) is 0 Å². The Bertz CT molecular complexity index is 954. The van der Waals surface area contributed by atoms with Crippen LogP contribution in [0.3, 0.4) is 0 Å². The summed E-state index contributed by atoms with van der Waals surface area (Å²) in [5.41, 5.74) is 1.15. The molecule has 0 bridgehead atoms. The van der Waals surface area contributed by atoms with Gasteiger partial charge in [-0.3, -0.25) is 9.69 Å². The zero-order valence-corrected chi connectivity index (χ0v) is 17.4. The third-order valence-corrected chi connectivity index (χ3v) is 4.16.